The third-order valence-corrected chi connectivity index (χ3v) is 5.60. The lowest BCUT2D eigenvalue weighted by molar-refractivity contribution is 0.0669. The number of carbonyl (C=O) groups excluding carboxylic acids is 1. The molecule has 166 valence electrons. The molecule has 0 saturated carbocycles. The number of hydrogen-bond acceptors (Lipinski definition) is 5. The largest absolute Gasteiger partial charge is 0.442 e. The van der Waals surface area contributed by atoms with Crippen molar-refractivity contribution >= 4 is 33.7 Å². The van der Waals surface area contributed by atoms with Gasteiger partial charge in [-0.25, -0.2) is 31.4 Å². The molecular weight excluding hydrogens is 511 g/mol. The molecule has 5 nitrogen and oxygen atoms in total. The molecule has 0 aliphatic heterocycles. The van der Waals surface area contributed by atoms with E-state index in [1.807, 2.05) is 0 Å². The van der Waals surface area contributed by atoms with Gasteiger partial charge >= 0.3 is 5.97 Å². The summed E-state index contributed by atoms with van der Waals surface area (Å²) in [5.41, 5.74) is -0.619. The fourth-order valence-electron chi connectivity index (χ4n) is 2.49. The molecule has 0 aliphatic carbocycles. The highest BCUT2D eigenvalue weighted by atomic mass is 79.9. The third kappa shape index (κ3) is 4.36. The second-order valence-electron chi connectivity index (χ2n) is 7.30. The fraction of sp³-hybridized carbons (Fsp3) is 0.263. The van der Waals surface area contributed by atoms with Gasteiger partial charge < -0.3 is 9.15 Å². The molecule has 0 N–H and O–H groups in total. The van der Waals surface area contributed by atoms with Gasteiger partial charge in [-0.2, -0.15) is 5.10 Å². The van der Waals surface area contributed by atoms with Crippen LogP contribution in [0, 0.1) is 36.0 Å². The maximum absolute atomic E-state index is 14.2. The molecule has 12 heteroatoms. The smallest absolute Gasteiger partial charge is 0.381 e. The predicted molar refractivity (Wildman–Crippen MR) is 104 cm³/mol. The van der Waals surface area contributed by atoms with Gasteiger partial charge in [-0.15, -0.1) is 0 Å². The maximum Gasteiger partial charge on any atom is 0.381 e. The van der Waals surface area contributed by atoms with E-state index in [0.29, 0.717) is 0 Å². The number of halogens is 6. The van der Waals surface area contributed by atoms with Crippen molar-refractivity contribution in [1.82, 2.24) is 9.78 Å². The zero-order valence-electron chi connectivity index (χ0n) is 16.4. The molecule has 2 heterocycles. The van der Waals surface area contributed by atoms with Gasteiger partial charge in [0, 0.05) is 0 Å². The van der Waals surface area contributed by atoms with E-state index < -0.39 is 45.5 Å². The second-order valence-corrected chi connectivity index (χ2v) is 9.10. The summed E-state index contributed by atoms with van der Waals surface area (Å²) in [5, 5.41) is 4.22. The number of carbonyl (C=O) groups is 1. The summed E-state index contributed by atoms with van der Waals surface area (Å²) in [6.07, 6.45) is 0. The number of nitrogens with zero attached hydrogens (tertiary/aromatic N) is 2. The van der Waals surface area contributed by atoms with Crippen LogP contribution in [0.3, 0.4) is 0 Å². The number of rotatable bonds is 4. The van der Waals surface area contributed by atoms with Crippen molar-refractivity contribution in [2.24, 2.45) is 0 Å². The normalized spacial score (nSPS) is 11.8. The van der Waals surface area contributed by atoms with E-state index in [0.717, 1.165) is 0 Å². The van der Waals surface area contributed by atoms with Crippen LogP contribution in [0.5, 0.6) is 5.88 Å². The predicted octanol–water partition coefficient (Wildman–Crippen LogP) is 6.37. The Morgan fingerprint density at radius 3 is 2.06 bits per heavy atom. The van der Waals surface area contributed by atoms with Crippen LogP contribution in [0.1, 0.15) is 37.0 Å². The van der Waals surface area contributed by atoms with Crippen LogP contribution in [0.15, 0.2) is 31.0 Å². The van der Waals surface area contributed by atoms with Crippen molar-refractivity contribution in [3.8, 4) is 5.88 Å². The van der Waals surface area contributed by atoms with E-state index in [4.69, 9.17) is 9.15 Å². The quantitative estimate of drug-likeness (QED) is 0.172. The molecule has 0 atom stereocenters. The van der Waals surface area contributed by atoms with Crippen molar-refractivity contribution in [2.75, 3.05) is 0 Å². The van der Waals surface area contributed by atoms with Crippen molar-refractivity contribution in [1.29, 1.82) is 0 Å². The average Bonchev–Trinajstić information content (AvgIpc) is 3.26. The van der Waals surface area contributed by atoms with E-state index in [1.54, 1.807) is 20.8 Å². The van der Waals surface area contributed by atoms with E-state index in [9.17, 15) is 26.7 Å². The zero-order chi connectivity index (χ0) is 23.2. The molecule has 31 heavy (non-hydrogen) atoms. The summed E-state index contributed by atoms with van der Waals surface area (Å²) in [7, 11) is 0. The lowest BCUT2D eigenvalue weighted by Crippen LogP contribution is -2.25. The zero-order valence-corrected chi connectivity index (χ0v) is 18.9. The molecule has 0 bridgehead atoms. The number of aromatic nitrogens is 2. The average molecular weight is 525 g/mol. The van der Waals surface area contributed by atoms with Crippen LogP contribution < -0.4 is 4.74 Å². The van der Waals surface area contributed by atoms with E-state index in [2.05, 4.69) is 21.0 Å². The highest BCUT2D eigenvalue weighted by Gasteiger charge is 2.32. The Hall–Kier alpha value is -2.34. The minimum Gasteiger partial charge on any atom is -0.442 e. The molecule has 2 aromatic heterocycles. The van der Waals surface area contributed by atoms with Crippen molar-refractivity contribution < 1.29 is 35.9 Å². The van der Waals surface area contributed by atoms with Crippen LogP contribution in [0.25, 0.3) is 0 Å². The standard InChI is InChI=1S/C19H14BrF5N2O3S/c1-7-15(31-16-13(24)11(22)10(21)12(23)14(16)25)17(27(26-7)19(2,3)4)30-18(28)8-5-6-9(20)29-8/h5-6H,1-4H3. The van der Waals surface area contributed by atoms with Gasteiger partial charge in [-0.1, -0.05) is 11.8 Å². The molecule has 0 fully saturated rings. The van der Waals surface area contributed by atoms with Gasteiger partial charge in [0.2, 0.25) is 17.5 Å². The first-order valence-electron chi connectivity index (χ1n) is 8.59. The van der Waals surface area contributed by atoms with Crippen LogP contribution in [-0.2, 0) is 5.54 Å². The number of furan rings is 1. The molecule has 3 rings (SSSR count). The first kappa shape index (κ1) is 23.3. The Bertz CT molecular complexity index is 1160. The molecule has 3 aromatic rings. The van der Waals surface area contributed by atoms with Crippen molar-refractivity contribution in [3.63, 3.8) is 0 Å². The summed E-state index contributed by atoms with van der Waals surface area (Å²) < 4.78 is 81.2. The van der Waals surface area contributed by atoms with E-state index in [1.165, 1.54) is 23.7 Å². The fourth-order valence-corrected chi connectivity index (χ4v) is 3.77. The lowest BCUT2D eigenvalue weighted by atomic mass is 10.1. The molecule has 0 radical (unpaired) electrons. The molecule has 0 amide bonds. The SMILES string of the molecule is Cc1nn(C(C)(C)C)c(OC(=O)c2ccc(Br)o2)c1Sc1c(F)c(F)c(F)c(F)c1F. The van der Waals surface area contributed by atoms with Gasteiger partial charge in [0.25, 0.3) is 0 Å². The Kier molecular flexibility index (Phi) is 6.25. The summed E-state index contributed by atoms with van der Waals surface area (Å²) in [6.45, 7) is 6.59. The molecular formula is C19H14BrF5N2O3S. The van der Waals surface area contributed by atoms with Gasteiger partial charge in [0.15, 0.2) is 27.9 Å². The Labute approximate surface area is 185 Å². The Balaban J connectivity index is 2.14. The molecule has 1 aromatic carbocycles. The summed E-state index contributed by atoms with van der Waals surface area (Å²) >= 11 is 3.26. The Morgan fingerprint density at radius 2 is 1.58 bits per heavy atom. The Morgan fingerprint density at radius 1 is 1.03 bits per heavy atom. The third-order valence-electron chi connectivity index (χ3n) is 3.94. The highest BCUT2D eigenvalue weighted by Crippen LogP contribution is 2.43. The maximum atomic E-state index is 14.2. The number of hydrogen-bond donors (Lipinski definition) is 0. The number of aryl methyl sites for hydroxylation is 1. The lowest BCUT2D eigenvalue weighted by Gasteiger charge is -2.21. The van der Waals surface area contributed by atoms with Gasteiger partial charge in [0.1, 0.15) is 0 Å². The van der Waals surface area contributed by atoms with Crippen LogP contribution in [0.2, 0.25) is 0 Å². The second kappa shape index (κ2) is 8.30. The number of esters is 1. The molecule has 0 spiro atoms. The van der Waals surface area contributed by atoms with Crippen molar-refractivity contribution in [2.45, 2.75) is 43.0 Å². The number of ether oxygens (including phenoxy) is 1. The van der Waals surface area contributed by atoms with Crippen LogP contribution in [0.4, 0.5) is 22.0 Å². The van der Waals surface area contributed by atoms with E-state index >= 15 is 0 Å². The molecule has 0 aliphatic rings. The first-order chi connectivity index (χ1) is 14.3. The first-order valence-corrected chi connectivity index (χ1v) is 10.2. The van der Waals surface area contributed by atoms with Crippen LogP contribution >= 0.6 is 27.7 Å². The summed E-state index contributed by atoms with van der Waals surface area (Å²) in [5.74, 6) is -11.8. The number of benzene rings is 1. The minimum absolute atomic E-state index is 0.0999. The minimum atomic E-state index is -2.27. The van der Waals surface area contributed by atoms with Gasteiger partial charge in [-0.05, 0) is 55.8 Å². The molecule has 0 unspecified atom stereocenters. The molecule has 0 saturated heterocycles. The van der Waals surface area contributed by atoms with Crippen LogP contribution in [-0.4, -0.2) is 15.7 Å². The summed E-state index contributed by atoms with van der Waals surface area (Å²) in [6, 6.07) is 2.78. The van der Waals surface area contributed by atoms with E-state index in [-0.39, 0.29) is 38.7 Å². The summed E-state index contributed by atoms with van der Waals surface area (Å²) in [4.78, 5) is 11.3. The van der Waals surface area contributed by atoms with Gasteiger partial charge in [0.05, 0.1) is 21.0 Å². The van der Waals surface area contributed by atoms with Gasteiger partial charge in [-0.3, -0.25) is 0 Å². The van der Waals surface area contributed by atoms with Crippen molar-refractivity contribution in [3.05, 3.63) is 57.3 Å². The monoisotopic (exact) mass is 524 g/mol. The topological polar surface area (TPSA) is 57.3 Å². The highest BCUT2D eigenvalue weighted by molar-refractivity contribution is 9.10.